The molecule has 0 aliphatic rings. The predicted octanol–water partition coefficient (Wildman–Crippen LogP) is 4.47. The molecule has 0 bridgehead atoms. The fourth-order valence-electron chi connectivity index (χ4n) is 3.13. The molecule has 0 amide bonds. The molecule has 124 valence electrons. The molecule has 0 saturated carbocycles. The Morgan fingerprint density at radius 2 is 1.46 bits per heavy atom. The van der Waals surface area contributed by atoms with Crippen molar-refractivity contribution in [1.82, 2.24) is 9.55 Å². The van der Waals surface area contributed by atoms with Gasteiger partial charge in [0.15, 0.2) is 0 Å². The van der Waals surface area contributed by atoms with Crippen LogP contribution < -0.4 is 10.4 Å². The molecule has 0 aliphatic heterocycles. The van der Waals surface area contributed by atoms with Crippen LogP contribution in [0.4, 0.5) is 0 Å². The van der Waals surface area contributed by atoms with Crippen molar-refractivity contribution in [2.24, 2.45) is 0 Å². The number of aromatic nitrogens is 2. The molecule has 2 nitrogen and oxygen atoms in total. The molecular weight excluding hydrogens is 355 g/mol. The highest BCUT2D eigenvalue weighted by molar-refractivity contribution is 7.01. The maximum Gasteiger partial charge on any atom is 0.115 e. The van der Waals surface area contributed by atoms with Gasteiger partial charge in [0.25, 0.3) is 0 Å². The molecule has 5 heteroatoms. The number of halogens is 2. The minimum atomic E-state index is -1.83. The Morgan fingerprint density at radius 1 is 0.917 bits per heavy atom. The molecule has 24 heavy (non-hydrogen) atoms. The number of benzene rings is 2. The summed E-state index contributed by atoms with van der Waals surface area (Å²) in [5.41, 5.74) is 0. The molecule has 0 spiro atoms. The van der Waals surface area contributed by atoms with Gasteiger partial charge in [-0.25, -0.2) is 4.98 Å². The van der Waals surface area contributed by atoms with Gasteiger partial charge in [0.2, 0.25) is 0 Å². The number of rotatable bonds is 6. The molecule has 0 saturated heterocycles. The van der Waals surface area contributed by atoms with Crippen LogP contribution in [-0.4, -0.2) is 17.6 Å². The van der Waals surface area contributed by atoms with E-state index in [0.717, 1.165) is 29.1 Å². The normalized spacial score (nSPS) is 11.6. The summed E-state index contributed by atoms with van der Waals surface area (Å²) < 4.78 is 2.14. The minimum Gasteiger partial charge on any atom is -0.338 e. The molecule has 3 aromatic rings. The minimum absolute atomic E-state index is 0.782. The van der Waals surface area contributed by atoms with E-state index >= 15 is 0 Å². The zero-order valence-corrected chi connectivity index (χ0v) is 16.1. The second-order valence-electron chi connectivity index (χ2n) is 6.25. The van der Waals surface area contributed by atoms with E-state index in [-0.39, 0.29) is 0 Å². The van der Waals surface area contributed by atoms with Gasteiger partial charge in [-0.1, -0.05) is 64.4 Å². The van der Waals surface area contributed by atoms with Crippen molar-refractivity contribution in [3.05, 3.63) is 77.3 Å². The van der Waals surface area contributed by atoms with Crippen molar-refractivity contribution in [1.29, 1.82) is 0 Å². The van der Waals surface area contributed by atoms with E-state index in [2.05, 4.69) is 40.4 Å². The van der Waals surface area contributed by atoms with Gasteiger partial charge in [-0.3, -0.25) is 0 Å². The van der Waals surface area contributed by atoms with E-state index in [1.54, 1.807) is 0 Å². The first-order chi connectivity index (χ1) is 11.6. The Kier molecular flexibility index (Phi) is 5.44. The fraction of sp³-hybridized carbons (Fsp3) is 0.211. The zero-order chi connectivity index (χ0) is 17.0. The lowest BCUT2D eigenvalue weighted by Gasteiger charge is -2.29. The predicted molar refractivity (Wildman–Crippen MR) is 105 cm³/mol. The second kappa shape index (κ2) is 7.56. The number of aryl methyl sites for hydroxylation is 1. The SMILES string of the molecule is C[Si](CCCn1ccnc1)(c1ccc(Cl)cc1)c1ccc(Cl)cc1. The van der Waals surface area contributed by atoms with Crippen molar-refractivity contribution < 1.29 is 0 Å². The molecule has 3 rings (SSSR count). The van der Waals surface area contributed by atoms with Gasteiger partial charge in [-0.15, -0.1) is 0 Å². The van der Waals surface area contributed by atoms with Crippen LogP contribution in [0, 0.1) is 0 Å². The standard InChI is InChI=1S/C19H20Cl2N2Si/c1-24(18-7-3-16(20)4-8-18,19-9-5-17(21)6-10-19)14-2-12-23-13-11-22-15-23/h3-11,13,15H,2,12,14H2,1H3. The Bertz CT molecular complexity index is 723. The van der Waals surface area contributed by atoms with Crippen molar-refractivity contribution in [3.8, 4) is 0 Å². The molecule has 1 heterocycles. The highest BCUT2D eigenvalue weighted by atomic mass is 35.5. The summed E-state index contributed by atoms with van der Waals surface area (Å²) in [5, 5.41) is 4.37. The monoisotopic (exact) mass is 374 g/mol. The van der Waals surface area contributed by atoms with Crippen LogP contribution in [0.3, 0.4) is 0 Å². The molecule has 0 N–H and O–H groups in total. The summed E-state index contributed by atoms with van der Waals surface area (Å²) >= 11 is 12.2. The lowest BCUT2D eigenvalue weighted by atomic mass is 10.3. The van der Waals surface area contributed by atoms with Crippen LogP contribution in [-0.2, 0) is 6.54 Å². The summed E-state index contributed by atoms with van der Waals surface area (Å²) in [7, 11) is -1.83. The van der Waals surface area contributed by atoms with Crippen LogP contribution in [0.1, 0.15) is 6.42 Å². The van der Waals surface area contributed by atoms with Crippen LogP contribution in [0.2, 0.25) is 22.6 Å². The van der Waals surface area contributed by atoms with Gasteiger partial charge in [0.05, 0.1) is 6.33 Å². The highest BCUT2D eigenvalue weighted by Crippen LogP contribution is 2.17. The average molecular weight is 375 g/mol. The Balaban J connectivity index is 1.87. The first-order valence-corrected chi connectivity index (χ1v) is 11.5. The smallest absolute Gasteiger partial charge is 0.115 e. The highest BCUT2D eigenvalue weighted by Gasteiger charge is 2.31. The van der Waals surface area contributed by atoms with Crippen molar-refractivity contribution >= 4 is 41.6 Å². The number of imidazole rings is 1. The molecule has 1 aromatic heterocycles. The Labute approximate surface area is 154 Å². The lowest BCUT2D eigenvalue weighted by Crippen LogP contribution is -2.55. The van der Waals surface area contributed by atoms with Gasteiger partial charge in [-0.05, 0) is 36.7 Å². The van der Waals surface area contributed by atoms with Crippen LogP contribution in [0.5, 0.6) is 0 Å². The first-order valence-electron chi connectivity index (χ1n) is 8.06. The zero-order valence-electron chi connectivity index (χ0n) is 13.6. The second-order valence-corrected chi connectivity index (χ2v) is 11.4. The van der Waals surface area contributed by atoms with Crippen molar-refractivity contribution in [2.75, 3.05) is 0 Å². The lowest BCUT2D eigenvalue weighted by molar-refractivity contribution is 0.674. The number of hydrogen-bond acceptors (Lipinski definition) is 1. The summed E-state index contributed by atoms with van der Waals surface area (Å²) in [6, 6.07) is 17.9. The summed E-state index contributed by atoms with van der Waals surface area (Å²) in [5.74, 6) is 0. The topological polar surface area (TPSA) is 17.8 Å². The molecule has 0 atom stereocenters. The maximum absolute atomic E-state index is 6.09. The van der Waals surface area contributed by atoms with Crippen LogP contribution in [0.25, 0.3) is 0 Å². The number of hydrogen-bond donors (Lipinski definition) is 0. The average Bonchev–Trinajstić information content (AvgIpc) is 3.09. The summed E-state index contributed by atoms with van der Waals surface area (Å²) in [4.78, 5) is 4.12. The van der Waals surface area contributed by atoms with Gasteiger partial charge < -0.3 is 4.57 Å². The number of nitrogens with zero attached hydrogens (tertiary/aromatic N) is 2. The van der Waals surface area contributed by atoms with Gasteiger partial charge in [-0.2, -0.15) is 0 Å². The van der Waals surface area contributed by atoms with Crippen LogP contribution in [0.15, 0.2) is 67.3 Å². The van der Waals surface area contributed by atoms with E-state index in [4.69, 9.17) is 23.2 Å². The third-order valence-electron chi connectivity index (χ3n) is 4.61. The summed E-state index contributed by atoms with van der Waals surface area (Å²) in [6.07, 6.45) is 6.84. The molecule has 0 unspecified atom stereocenters. The molecule has 0 radical (unpaired) electrons. The van der Waals surface area contributed by atoms with Crippen LogP contribution >= 0.6 is 23.2 Å². The van der Waals surface area contributed by atoms with Crippen molar-refractivity contribution in [3.63, 3.8) is 0 Å². The Morgan fingerprint density at radius 3 is 1.92 bits per heavy atom. The largest absolute Gasteiger partial charge is 0.338 e. The van der Waals surface area contributed by atoms with E-state index < -0.39 is 8.07 Å². The van der Waals surface area contributed by atoms with E-state index in [9.17, 15) is 0 Å². The molecule has 2 aromatic carbocycles. The maximum atomic E-state index is 6.09. The molecule has 0 fully saturated rings. The van der Waals surface area contributed by atoms with Gasteiger partial charge in [0.1, 0.15) is 8.07 Å². The van der Waals surface area contributed by atoms with E-state index in [0.29, 0.717) is 0 Å². The third-order valence-corrected chi connectivity index (χ3v) is 9.69. The van der Waals surface area contributed by atoms with E-state index in [1.165, 1.54) is 10.4 Å². The molecular formula is C19H20Cl2N2Si. The van der Waals surface area contributed by atoms with Crippen molar-refractivity contribution in [2.45, 2.75) is 25.6 Å². The summed E-state index contributed by atoms with van der Waals surface area (Å²) in [6.45, 7) is 3.41. The molecule has 0 aliphatic carbocycles. The van der Waals surface area contributed by atoms with E-state index in [1.807, 2.05) is 43.0 Å². The third kappa shape index (κ3) is 3.91. The van der Waals surface area contributed by atoms with Gasteiger partial charge in [0, 0.05) is 29.0 Å². The Hall–Kier alpha value is -1.55. The quantitative estimate of drug-likeness (QED) is 0.581. The fourth-order valence-corrected chi connectivity index (χ4v) is 6.96. The van der Waals surface area contributed by atoms with Gasteiger partial charge >= 0.3 is 0 Å². The first kappa shape index (κ1) is 17.3.